The fourth-order valence-corrected chi connectivity index (χ4v) is 3.29. The van der Waals surface area contributed by atoms with Crippen molar-refractivity contribution < 1.29 is 9.21 Å². The molecule has 2 aromatic carbocycles. The van der Waals surface area contributed by atoms with Crippen molar-refractivity contribution in [1.82, 2.24) is 9.99 Å². The Bertz CT molecular complexity index is 1150. The third-order valence-corrected chi connectivity index (χ3v) is 4.60. The summed E-state index contributed by atoms with van der Waals surface area (Å²) in [5.41, 5.74) is 6.37. The van der Waals surface area contributed by atoms with Crippen LogP contribution in [-0.2, 0) is 6.54 Å². The number of nitrogens with one attached hydrogen (secondary N) is 1. The SMILES string of the molecule is C=CCn1c(C)c(/C=N\NC(=O)c2cc3ccccc3o2)c2ccccc21. The molecule has 2 heterocycles. The molecule has 2 aromatic heterocycles. The highest BCUT2D eigenvalue weighted by Crippen LogP contribution is 2.24. The van der Waals surface area contributed by atoms with Crippen LogP contribution in [0.1, 0.15) is 21.8 Å². The molecule has 1 N–H and O–H groups in total. The lowest BCUT2D eigenvalue weighted by Crippen LogP contribution is -2.16. The summed E-state index contributed by atoms with van der Waals surface area (Å²) in [6, 6.07) is 17.3. The highest BCUT2D eigenvalue weighted by Gasteiger charge is 2.13. The van der Waals surface area contributed by atoms with Crippen LogP contribution >= 0.6 is 0 Å². The first-order valence-electron chi connectivity index (χ1n) is 8.69. The van der Waals surface area contributed by atoms with Gasteiger partial charge in [0.05, 0.1) is 6.21 Å². The third-order valence-electron chi connectivity index (χ3n) is 4.60. The molecule has 0 radical (unpaired) electrons. The highest BCUT2D eigenvalue weighted by atomic mass is 16.3. The Balaban J connectivity index is 1.60. The lowest BCUT2D eigenvalue weighted by Gasteiger charge is -2.03. The minimum Gasteiger partial charge on any atom is -0.451 e. The quantitative estimate of drug-likeness (QED) is 0.321. The third kappa shape index (κ3) is 3.04. The number of hydrazone groups is 1. The topological polar surface area (TPSA) is 59.5 Å². The second-order valence-electron chi connectivity index (χ2n) is 6.26. The van der Waals surface area contributed by atoms with E-state index in [4.69, 9.17) is 4.42 Å². The summed E-state index contributed by atoms with van der Waals surface area (Å²) in [5, 5.41) is 6.12. The van der Waals surface area contributed by atoms with E-state index in [0.29, 0.717) is 12.1 Å². The smallest absolute Gasteiger partial charge is 0.307 e. The summed E-state index contributed by atoms with van der Waals surface area (Å²) in [6.45, 7) is 6.58. The average Bonchev–Trinajstić information content (AvgIpc) is 3.23. The maximum Gasteiger partial charge on any atom is 0.307 e. The number of furan rings is 1. The summed E-state index contributed by atoms with van der Waals surface area (Å²) in [7, 11) is 0. The first kappa shape index (κ1) is 16.8. The van der Waals surface area contributed by atoms with Gasteiger partial charge in [-0.1, -0.05) is 42.5 Å². The number of aromatic nitrogens is 1. The number of carbonyl (C=O) groups is 1. The van der Waals surface area contributed by atoms with Crippen molar-refractivity contribution in [2.24, 2.45) is 5.10 Å². The highest BCUT2D eigenvalue weighted by molar-refractivity contribution is 6.02. The number of fused-ring (bicyclic) bond motifs is 2. The Morgan fingerprint density at radius 2 is 2.00 bits per heavy atom. The van der Waals surface area contributed by atoms with Gasteiger partial charge < -0.3 is 8.98 Å². The number of allylic oxidation sites excluding steroid dienone is 1. The van der Waals surface area contributed by atoms with Gasteiger partial charge in [-0.25, -0.2) is 5.43 Å². The zero-order chi connectivity index (χ0) is 18.8. The van der Waals surface area contributed by atoms with Crippen LogP contribution in [0.4, 0.5) is 0 Å². The van der Waals surface area contributed by atoms with Crippen LogP contribution in [0.2, 0.25) is 0 Å². The number of hydrogen-bond donors (Lipinski definition) is 1. The Labute approximate surface area is 156 Å². The predicted octanol–water partition coefficient (Wildman–Crippen LogP) is 4.65. The fourth-order valence-electron chi connectivity index (χ4n) is 3.29. The largest absolute Gasteiger partial charge is 0.451 e. The molecule has 0 spiro atoms. The normalized spacial score (nSPS) is 11.4. The number of carbonyl (C=O) groups excluding carboxylic acids is 1. The van der Waals surface area contributed by atoms with E-state index in [2.05, 4.69) is 27.7 Å². The molecule has 0 saturated heterocycles. The van der Waals surface area contributed by atoms with Crippen LogP contribution < -0.4 is 5.43 Å². The van der Waals surface area contributed by atoms with Crippen molar-refractivity contribution in [2.45, 2.75) is 13.5 Å². The van der Waals surface area contributed by atoms with Gasteiger partial charge in [-0.15, -0.1) is 6.58 Å². The summed E-state index contributed by atoms with van der Waals surface area (Å²) >= 11 is 0. The molecule has 0 aliphatic heterocycles. The van der Waals surface area contributed by atoms with Gasteiger partial charge in [0, 0.05) is 34.1 Å². The summed E-state index contributed by atoms with van der Waals surface area (Å²) in [6.07, 6.45) is 3.54. The number of para-hydroxylation sites is 2. The average molecular weight is 357 g/mol. The van der Waals surface area contributed by atoms with E-state index in [-0.39, 0.29) is 11.7 Å². The van der Waals surface area contributed by atoms with Crippen molar-refractivity contribution in [3.63, 3.8) is 0 Å². The number of amides is 1. The molecule has 0 atom stereocenters. The summed E-state index contributed by atoms with van der Waals surface area (Å²) in [4.78, 5) is 12.3. The van der Waals surface area contributed by atoms with E-state index in [1.54, 1.807) is 12.3 Å². The van der Waals surface area contributed by atoms with Crippen LogP contribution in [0.5, 0.6) is 0 Å². The van der Waals surface area contributed by atoms with Crippen molar-refractivity contribution in [1.29, 1.82) is 0 Å². The molecule has 5 heteroatoms. The van der Waals surface area contributed by atoms with Crippen molar-refractivity contribution in [2.75, 3.05) is 0 Å². The Hall–Kier alpha value is -3.60. The summed E-state index contributed by atoms with van der Waals surface area (Å²) in [5.74, 6) is -0.144. The Morgan fingerprint density at radius 1 is 1.22 bits per heavy atom. The second kappa shape index (κ2) is 6.96. The molecule has 0 saturated carbocycles. The lowest BCUT2D eigenvalue weighted by atomic mass is 10.1. The lowest BCUT2D eigenvalue weighted by molar-refractivity contribution is 0.0929. The zero-order valence-electron chi connectivity index (χ0n) is 15.0. The minimum atomic E-state index is -0.380. The number of nitrogens with zero attached hydrogens (tertiary/aromatic N) is 2. The van der Waals surface area contributed by atoms with Gasteiger partial charge in [-0.05, 0) is 25.1 Å². The molecule has 0 unspecified atom stereocenters. The Morgan fingerprint density at radius 3 is 2.81 bits per heavy atom. The van der Waals surface area contributed by atoms with Gasteiger partial charge in [-0.2, -0.15) is 5.10 Å². The van der Waals surface area contributed by atoms with E-state index >= 15 is 0 Å². The number of rotatable bonds is 5. The van der Waals surface area contributed by atoms with Crippen molar-refractivity contribution >= 4 is 34.0 Å². The number of hydrogen-bond acceptors (Lipinski definition) is 3. The molecule has 134 valence electrons. The van der Waals surface area contributed by atoms with Gasteiger partial charge in [-0.3, -0.25) is 4.79 Å². The molecule has 0 aliphatic rings. The van der Waals surface area contributed by atoms with Gasteiger partial charge >= 0.3 is 5.91 Å². The van der Waals surface area contributed by atoms with E-state index in [1.807, 2.05) is 55.5 Å². The van der Waals surface area contributed by atoms with Crippen LogP contribution in [0.15, 0.2) is 76.8 Å². The second-order valence-corrected chi connectivity index (χ2v) is 6.26. The van der Waals surface area contributed by atoms with Crippen LogP contribution in [-0.4, -0.2) is 16.7 Å². The molecular weight excluding hydrogens is 338 g/mol. The first-order valence-corrected chi connectivity index (χ1v) is 8.69. The number of benzene rings is 2. The molecule has 0 bridgehead atoms. The van der Waals surface area contributed by atoms with Gasteiger partial charge in [0.25, 0.3) is 0 Å². The molecule has 0 fully saturated rings. The maximum atomic E-state index is 12.3. The van der Waals surface area contributed by atoms with Crippen molar-refractivity contribution in [3.8, 4) is 0 Å². The molecule has 5 nitrogen and oxygen atoms in total. The standard InChI is InChI=1S/C22H19N3O2/c1-3-12-25-15(2)18(17-9-5-6-10-19(17)25)14-23-24-22(26)21-13-16-8-4-7-11-20(16)27-21/h3-11,13-14H,1,12H2,2H3,(H,24,26)/b23-14-. The van der Waals surface area contributed by atoms with Crippen LogP contribution in [0.3, 0.4) is 0 Å². The zero-order valence-corrected chi connectivity index (χ0v) is 15.0. The summed E-state index contributed by atoms with van der Waals surface area (Å²) < 4.78 is 7.73. The van der Waals surface area contributed by atoms with Crippen LogP contribution in [0, 0.1) is 6.92 Å². The molecule has 4 aromatic rings. The van der Waals surface area contributed by atoms with Crippen LogP contribution in [0.25, 0.3) is 21.9 Å². The van der Waals surface area contributed by atoms with E-state index in [1.165, 1.54) is 0 Å². The maximum absolute atomic E-state index is 12.3. The molecule has 0 aliphatic carbocycles. The molecule has 4 rings (SSSR count). The molecule has 27 heavy (non-hydrogen) atoms. The minimum absolute atomic E-state index is 0.235. The predicted molar refractivity (Wildman–Crippen MR) is 108 cm³/mol. The first-order chi connectivity index (χ1) is 13.2. The Kier molecular flexibility index (Phi) is 4.34. The van der Waals surface area contributed by atoms with Gasteiger partial charge in [0.2, 0.25) is 0 Å². The van der Waals surface area contributed by atoms with Gasteiger partial charge in [0.1, 0.15) is 5.58 Å². The van der Waals surface area contributed by atoms with Crippen molar-refractivity contribution in [3.05, 3.63) is 84.3 Å². The van der Waals surface area contributed by atoms with Gasteiger partial charge in [0.15, 0.2) is 5.76 Å². The van der Waals surface area contributed by atoms with E-state index in [0.717, 1.165) is 27.5 Å². The monoisotopic (exact) mass is 357 g/mol. The van der Waals surface area contributed by atoms with E-state index < -0.39 is 0 Å². The fraction of sp³-hybridized carbons (Fsp3) is 0.0909. The molecule has 1 amide bonds. The molecular formula is C22H19N3O2. The van der Waals surface area contributed by atoms with E-state index in [9.17, 15) is 4.79 Å².